The van der Waals surface area contributed by atoms with Crippen LogP contribution in [0.5, 0.6) is 0 Å². The molecular formula is C19H25NO4. The van der Waals surface area contributed by atoms with Gasteiger partial charge < -0.3 is 19.1 Å². The molecule has 2 aliphatic rings. The molecule has 1 aromatic carbocycles. The maximum Gasteiger partial charge on any atom is 0.410 e. The minimum Gasteiger partial charge on any atom is -0.445 e. The van der Waals surface area contributed by atoms with Gasteiger partial charge in [0, 0.05) is 25.6 Å². The first-order valence-electron chi connectivity index (χ1n) is 8.67. The Bertz CT molecular complexity index is 540. The summed E-state index contributed by atoms with van der Waals surface area (Å²) in [5.74, 6) is 0.188. The molecule has 2 atom stereocenters. The van der Waals surface area contributed by atoms with Crippen molar-refractivity contribution in [3.8, 4) is 0 Å². The van der Waals surface area contributed by atoms with E-state index in [0.717, 1.165) is 31.4 Å². The van der Waals surface area contributed by atoms with E-state index in [1.807, 2.05) is 36.4 Å². The minimum absolute atomic E-state index is 0.0902. The van der Waals surface area contributed by atoms with Crippen LogP contribution >= 0.6 is 0 Å². The second-order valence-corrected chi connectivity index (χ2v) is 6.26. The summed E-state index contributed by atoms with van der Waals surface area (Å²) in [7, 11) is 0. The number of carbonyl (C=O) groups is 1. The van der Waals surface area contributed by atoms with Gasteiger partial charge in [0.1, 0.15) is 6.61 Å². The lowest BCUT2D eigenvalue weighted by atomic mass is 10.1. The molecule has 1 aromatic rings. The van der Waals surface area contributed by atoms with Crippen molar-refractivity contribution in [2.45, 2.75) is 32.2 Å². The lowest BCUT2D eigenvalue weighted by Gasteiger charge is -2.30. The van der Waals surface area contributed by atoms with Crippen LogP contribution < -0.4 is 0 Å². The Kier molecular flexibility index (Phi) is 6.26. The molecule has 1 amide bonds. The van der Waals surface area contributed by atoms with E-state index < -0.39 is 0 Å². The molecule has 0 saturated carbocycles. The highest BCUT2D eigenvalue weighted by Crippen LogP contribution is 2.17. The molecule has 0 N–H and O–H groups in total. The molecule has 0 aliphatic carbocycles. The molecule has 5 heteroatoms. The third kappa shape index (κ3) is 5.08. The van der Waals surface area contributed by atoms with Crippen molar-refractivity contribution in [2.24, 2.45) is 5.92 Å². The maximum atomic E-state index is 12.2. The number of rotatable bonds is 5. The van der Waals surface area contributed by atoms with E-state index in [2.05, 4.69) is 6.08 Å². The van der Waals surface area contributed by atoms with Crippen molar-refractivity contribution in [1.29, 1.82) is 0 Å². The van der Waals surface area contributed by atoms with E-state index in [1.54, 1.807) is 4.90 Å². The van der Waals surface area contributed by atoms with Crippen LogP contribution in [0.1, 0.15) is 24.8 Å². The molecule has 24 heavy (non-hydrogen) atoms. The molecule has 0 spiro atoms. The number of benzene rings is 1. The van der Waals surface area contributed by atoms with Gasteiger partial charge in [-0.05, 0) is 24.8 Å². The highest BCUT2D eigenvalue weighted by atomic mass is 16.7. The zero-order valence-electron chi connectivity index (χ0n) is 13.9. The Morgan fingerprint density at radius 3 is 2.92 bits per heavy atom. The first-order valence-corrected chi connectivity index (χ1v) is 8.67. The van der Waals surface area contributed by atoms with Crippen molar-refractivity contribution >= 4 is 6.09 Å². The van der Waals surface area contributed by atoms with Crippen LogP contribution in [0.4, 0.5) is 4.79 Å². The van der Waals surface area contributed by atoms with Gasteiger partial charge in [-0.15, -0.1) is 0 Å². The highest BCUT2D eigenvalue weighted by Gasteiger charge is 2.23. The predicted octanol–water partition coefficient (Wildman–Crippen LogP) is 3.35. The van der Waals surface area contributed by atoms with E-state index in [4.69, 9.17) is 14.2 Å². The monoisotopic (exact) mass is 331 g/mol. The molecule has 3 rings (SSSR count). The van der Waals surface area contributed by atoms with Gasteiger partial charge in [0.05, 0.1) is 6.61 Å². The Morgan fingerprint density at radius 2 is 2.12 bits per heavy atom. The Labute approximate surface area is 143 Å². The van der Waals surface area contributed by atoms with Crippen LogP contribution in [-0.2, 0) is 20.8 Å². The van der Waals surface area contributed by atoms with Gasteiger partial charge in [-0.2, -0.15) is 0 Å². The fraction of sp³-hybridized carbons (Fsp3) is 0.526. The predicted molar refractivity (Wildman–Crippen MR) is 90.4 cm³/mol. The van der Waals surface area contributed by atoms with E-state index in [0.29, 0.717) is 26.3 Å². The summed E-state index contributed by atoms with van der Waals surface area (Å²) >= 11 is 0. The Morgan fingerprint density at radius 1 is 1.25 bits per heavy atom. The van der Waals surface area contributed by atoms with Crippen molar-refractivity contribution < 1.29 is 19.0 Å². The number of amides is 1. The summed E-state index contributed by atoms with van der Waals surface area (Å²) in [5.41, 5.74) is 0.993. The molecule has 1 fully saturated rings. The minimum atomic E-state index is -0.276. The summed E-state index contributed by atoms with van der Waals surface area (Å²) < 4.78 is 16.8. The van der Waals surface area contributed by atoms with E-state index in [9.17, 15) is 4.79 Å². The van der Waals surface area contributed by atoms with Gasteiger partial charge in [0.15, 0.2) is 6.29 Å². The number of nitrogens with zero attached hydrogens (tertiary/aromatic N) is 1. The van der Waals surface area contributed by atoms with Gasteiger partial charge in [-0.1, -0.05) is 42.5 Å². The largest absolute Gasteiger partial charge is 0.445 e. The van der Waals surface area contributed by atoms with Crippen molar-refractivity contribution in [1.82, 2.24) is 4.90 Å². The number of ether oxygens (including phenoxy) is 3. The molecule has 130 valence electrons. The summed E-state index contributed by atoms with van der Waals surface area (Å²) in [4.78, 5) is 13.9. The number of carbonyl (C=O) groups excluding carboxylic acids is 1. The highest BCUT2D eigenvalue weighted by molar-refractivity contribution is 5.68. The molecule has 2 aliphatic heterocycles. The zero-order chi connectivity index (χ0) is 16.6. The standard InChI is InChI=1S/C19H25NO4/c21-19(24-14-16-7-2-1-3-8-16)20-11-6-9-17(13-20)15-23-18-10-4-5-12-22-18/h1-3,6-9,17-18H,4-5,10-15H2. The van der Waals surface area contributed by atoms with Crippen LogP contribution in [0.2, 0.25) is 0 Å². The number of hydrogen-bond donors (Lipinski definition) is 0. The van der Waals surface area contributed by atoms with Gasteiger partial charge in [0.25, 0.3) is 0 Å². The van der Waals surface area contributed by atoms with Gasteiger partial charge in [0.2, 0.25) is 0 Å². The van der Waals surface area contributed by atoms with Gasteiger partial charge in [-0.25, -0.2) is 4.79 Å². The lowest BCUT2D eigenvalue weighted by Crippen LogP contribution is -2.39. The fourth-order valence-electron chi connectivity index (χ4n) is 2.94. The fourth-order valence-corrected chi connectivity index (χ4v) is 2.94. The summed E-state index contributed by atoms with van der Waals surface area (Å²) in [6.45, 7) is 2.87. The molecule has 2 unspecified atom stereocenters. The average molecular weight is 331 g/mol. The van der Waals surface area contributed by atoms with Crippen molar-refractivity contribution in [3.63, 3.8) is 0 Å². The Balaban J connectivity index is 1.41. The van der Waals surface area contributed by atoms with Crippen LogP contribution in [-0.4, -0.2) is 43.6 Å². The van der Waals surface area contributed by atoms with E-state index >= 15 is 0 Å². The zero-order valence-corrected chi connectivity index (χ0v) is 13.9. The van der Waals surface area contributed by atoms with Gasteiger partial charge in [-0.3, -0.25) is 0 Å². The third-order valence-electron chi connectivity index (χ3n) is 4.29. The van der Waals surface area contributed by atoms with Gasteiger partial charge >= 0.3 is 6.09 Å². The second kappa shape index (κ2) is 8.85. The molecule has 5 nitrogen and oxygen atoms in total. The molecule has 0 aromatic heterocycles. The Hall–Kier alpha value is -1.85. The first-order chi connectivity index (χ1) is 11.8. The maximum absolute atomic E-state index is 12.2. The summed E-state index contributed by atoms with van der Waals surface area (Å²) in [6, 6.07) is 9.72. The molecule has 1 saturated heterocycles. The summed E-state index contributed by atoms with van der Waals surface area (Å²) in [5, 5.41) is 0. The number of hydrogen-bond acceptors (Lipinski definition) is 4. The normalized spacial score (nSPS) is 23.9. The van der Waals surface area contributed by atoms with Crippen molar-refractivity contribution in [3.05, 3.63) is 48.0 Å². The molecular weight excluding hydrogens is 306 g/mol. The molecule has 0 radical (unpaired) electrons. The lowest BCUT2D eigenvalue weighted by molar-refractivity contribution is -0.167. The SMILES string of the molecule is O=C(OCc1ccccc1)N1CC=CC(COC2CCCCO2)C1. The van der Waals surface area contributed by atoms with Crippen LogP contribution in [0.25, 0.3) is 0 Å². The quantitative estimate of drug-likeness (QED) is 0.776. The van der Waals surface area contributed by atoms with Crippen molar-refractivity contribution in [2.75, 3.05) is 26.3 Å². The smallest absolute Gasteiger partial charge is 0.410 e. The van der Waals surface area contributed by atoms with E-state index in [1.165, 1.54) is 0 Å². The average Bonchev–Trinajstić information content (AvgIpc) is 2.66. The van der Waals surface area contributed by atoms with E-state index in [-0.39, 0.29) is 18.3 Å². The molecule has 0 bridgehead atoms. The molecule has 2 heterocycles. The van der Waals surface area contributed by atoms with Crippen LogP contribution in [0.3, 0.4) is 0 Å². The topological polar surface area (TPSA) is 48.0 Å². The third-order valence-corrected chi connectivity index (χ3v) is 4.29. The van der Waals surface area contributed by atoms with Crippen LogP contribution in [0, 0.1) is 5.92 Å². The van der Waals surface area contributed by atoms with Crippen LogP contribution in [0.15, 0.2) is 42.5 Å². The second-order valence-electron chi connectivity index (χ2n) is 6.26. The summed E-state index contributed by atoms with van der Waals surface area (Å²) in [6.07, 6.45) is 6.98. The first kappa shape index (κ1) is 17.0.